The van der Waals surface area contributed by atoms with Crippen LogP contribution in [0.2, 0.25) is 0 Å². The third-order valence-electron chi connectivity index (χ3n) is 4.56. The minimum absolute atomic E-state index is 0.118. The second-order valence-electron chi connectivity index (χ2n) is 6.77. The maximum absolute atomic E-state index is 15.3. The van der Waals surface area contributed by atoms with E-state index in [1.54, 1.807) is 43.5 Å². The Hall–Kier alpha value is -3.18. The van der Waals surface area contributed by atoms with Crippen molar-refractivity contribution in [3.05, 3.63) is 90.1 Å². The van der Waals surface area contributed by atoms with E-state index >= 15 is 4.39 Å². The fourth-order valence-corrected chi connectivity index (χ4v) is 3.20. The number of hydrogen-bond donors (Lipinski definition) is 1. The highest BCUT2D eigenvalue weighted by Gasteiger charge is 2.19. The van der Waals surface area contributed by atoms with Crippen LogP contribution < -0.4 is 4.74 Å². The molecule has 0 aliphatic carbocycles. The third-order valence-corrected chi connectivity index (χ3v) is 4.56. The number of halogens is 1. The van der Waals surface area contributed by atoms with Gasteiger partial charge in [-0.2, -0.15) is 5.10 Å². The summed E-state index contributed by atoms with van der Waals surface area (Å²) in [5.41, 5.74) is 2.85. The van der Waals surface area contributed by atoms with Gasteiger partial charge in [-0.05, 0) is 42.8 Å². The van der Waals surface area contributed by atoms with Crippen molar-refractivity contribution < 1.29 is 14.2 Å². The maximum Gasteiger partial charge on any atom is 0.154 e. The van der Waals surface area contributed by atoms with Crippen LogP contribution in [0.3, 0.4) is 0 Å². The molecule has 2 unspecified atom stereocenters. The Bertz CT molecular complexity index is 1080. The molecular formula is C23H21FN2O2. The number of ether oxygens (including phenoxy) is 1. The van der Waals surface area contributed by atoms with E-state index in [9.17, 15) is 5.11 Å². The lowest BCUT2D eigenvalue weighted by molar-refractivity contribution is 0.121. The summed E-state index contributed by atoms with van der Waals surface area (Å²) in [7, 11) is 0. The Morgan fingerprint density at radius 1 is 1.04 bits per heavy atom. The third kappa shape index (κ3) is 3.62. The molecule has 1 aromatic heterocycles. The van der Waals surface area contributed by atoms with Crippen LogP contribution in [0.15, 0.2) is 79.0 Å². The van der Waals surface area contributed by atoms with Crippen molar-refractivity contribution in [2.24, 2.45) is 0 Å². The molecule has 1 heterocycles. The second kappa shape index (κ2) is 7.82. The van der Waals surface area contributed by atoms with E-state index in [-0.39, 0.29) is 6.61 Å². The molecule has 0 bridgehead atoms. The zero-order valence-electron chi connectivity index (χ0n) is 15.5. The van der Waals surface area contributed by atoms with Crippen LogP contribution in [0.25, 0.3) is 16.6 Å². The van der Waals surface area contributed by atoms with E-state index in [2.05, 4.69) is 5.10 Å². The lowest BCUT2D eigenvalue weighted by Gasteiger charge is -2.16. The number of rotatable bonds is 6. The molecule has 0 spiro atoms. The highest BCUT2D eigenvalue weighted by molar-refractivity contribution is 5.81. The largest absolute Gasteiger partial charge is 0.490 e. The van der Waals surface area contributed by atoms with Crippen molar-refractivity contribution >= 4 is 10.9 Å². The molecule has 1 N–H and O–H groups in total. The van der Waals surface area contributed by atoms with Crippen molar-refractivity contribution in [2.75, 3.05) is 6.61 Å². The van der Waals surface area contributed by atoms with Crippen molar-refractivity contribution in [1.29, 1.82) is 0 Å². The van der Waals surface area contributed by atoms with Gasteiger partial charge in [0.1, 0.15) is 12.4 Å². The SMILES string of the molecule is CC(O)COc1ccccc1C(F)c1ccc2c(cnn2-c2ccccc2)c1. The van der Waals surface area contributed by atoms with E-state index in [1.165, 1.54) is 0 Å². The van der Waals surface area contributed by atoms with Gasteiger partial charge >= 0.3 is 0 Å². The molecule has 0 fully saturated rings. The Morgan fingerprint density at radius 3 is 2.57 bits per heavy atom. The molecule has 4 nitrogen and oxygen atoms in total. The van der Waals surface area contributed by atoms with Gasteiger partial charge in [0.15, 0.2) is 6.17 Å². The number of aliphatic hydroxyl groups is 1. The molecule has 3 aromatic carbocycles. The number of alkyl halides is 1. The Kier molecular flexibility index (Phi) is 5.08. The van der Waals surface area contributed by atoms with Gasteiger partial charge in [0, 0.05) is 10.9 Å². The summed E-state index contributed by atoms with van der Waals surface area (Å²) in [6.07, 6.45) is -0.213. The molecule has 0 amide bonds. The minimum atomic E-state index is -1.34. The van der Waals surface area contributed by atoms with Gasteiger partial charge in [0.05, 0.1) is 23.5 Å². The first-order valence-corrected chi connectivity index (χ1v) is 9.20. The zero-order chi connectivity index (χ0) is 19.5. The Labute approximate surface area is 162 Å². The lowest BCUT2D eigenvalue weighted by atomic mass is 10.0. The standard InChI is InChI=1S/C23H21FN2O2/c1-16(27)15-28-22-10-6-5-9-20(22)23(24)17-11-12-21-18(13-17)14-25-26(21)19-7-3-2-4-8-19/h2-14,16,23,27H,15H2,1H3. The van der Waals surface area contributed by atoms with Gasteiger partial charge in [-0.1, -0.05) is 42.5 Å². The van der Waals surface area contributed by atoms with Crippen molar-refractivity contribution in [2.45, 2.75) is 19.2 Å². The van der Waals surface area contributed by atoms with Crippen LogP contribution in [-0.2, 0) is 0 Å². The average Bonchev–Trinajstić information content (AvgIpc) is 3.16. The van der Waals surface area contributed by atoms with Crippen LogP contribution in [-0.4, -0.2) is 27.6 Å². The number of benzene rings is 3. The average molecular weight is 376 g/mol. The Balaban J connectivity index is 1.67. The number of fused-ring (bicyclic) bond motifs is 1. The van der Waals surface area contributed by atoms with E-state index in [0.717, 1.165) is 16.6 Å². The monoisotopic (exact) mass is 376 g/mol. The highest BCUT2D eigenvalue weighted by atomic mass is 19.1. The molecule has 5 heteroatoms. The van der Waals surface area contributed by atoms with Gasteiger partial charge < -0.3 is 9.84 Å². The summed E-state index contributed by atoms with van der Waals surface area (Å²) >= 11 is 0. The summed E-state index contributed by atoms with van der Waals surface area (Å²) < 4.78 is 22.8. The first-order valence-electron chi connectivity index (χ1n) is 9.20. The molecule has 142 valence electrons. The summed E-state index contributed by atoms with van der Waals surface area (Å²) in [6, 6.07) is 22.3. The summed E-state index contributed by atoms with van der Waals surface area (Å²) in [4.78, 5) is 0. The number of hydrogen-bond acceptors (Lipinski definition) is 3. The fourth-order valence-electron chi connectivity index (χ4n) is 3.20. The quantitative estimate of drug-likeness (QED) is 0.524. The molecule has 4 aromatic rings. The van der Waals surface area contributed by atoms with E-state index in [0.29, 0.717) is 16.9 Å². The predicted molar refractivity (Wildman–Crippen MR) is 108 cm³/mol. The predicted octanol–water partition coefficient (Wildman–Crippen LogP) is 4.84. The number of nitrogens with zero attached hydrogens (tertiary/aromatic N) is 2. The maximum atomic E-state index is 15.3. The molecule has 2 atom stereocenters. The summed E-state index contributed by atoms with van der Waals surface area (Å²) in [5.74, 6) is 0.441. The number of aromatic nitrogens is 2. The molecule has 0 radical (unpaired) electrons. The van der Waals surface area contributed by atoms with Crippen LogP contribution in [0.1, 0.15) is 24.2 Å². The van der Waals surface area contributed by atoms with E-state index in [4.69, 9.17) is 4.74 Å². The Morgan fingerprint density at radius 2 is 1.79 bits per heavy atom. The molecule has 28 heavy (non-hydrogen) atoms. The summed E-state index contributed by atoms with van der Waals surface area (Å²) in [6.45, 7) is 1.75. The van der Waals surface area contributed by atoms with Crippen molar-refractivity contribution in [3.63, 3.8) is 0 Å². The van der Waals surface area contributed by atoms with Gasteiger partial charge in [-0.25, -0.2) is 9.07 Å². The smallest absolute Gasteiger partial charge is 0.154 e. The first kappa shape index (κ1) is 18.2. The molecule has 4 rings (SSSR count). The number of aliphatic hydroxyl groups excluding tert-OH is 1. The topological polar surface area (TPSA) is 47.3 Å². The van der Waals surface area contributed by atoms with E-state index in [1.807, 2.05) is 47.1 Å². The molecule has 0 saturated heterocycles. The van der Waals surface area contributed by atoms with Gasteiger partial charge in [0.2, 0.25) is 0 Å². The fraction of sp³-hybridized carbons (Fsp3) is 0.174. The molecule has 0 saturated carbocycles. The number of para-hydroxylation sites is 2. The first-order chi connectivity index (χ1) is 13.6. The lowest BCUT2D eigenvalue weighted by Crippen LogP contribution is -2.14. The van der Waals surface area contributed by atoms with Crippen molar-refractivity contribution in [1.82, 2.24) is 9.78 Å². The van der Waals surface area contributed by atoms with Crippen LogP contribution in [0.5, 0.6) is 5.75 Å². The van der Waals surface area contributed by atoms with Crippen LogP contribution in [0, 0.1) is 0 Å². The van der Waals surface area contributed by atoms with E-state index < -0.39 is 12.3 Å². The van der Waals surface area contributed by atoms with Crippen molar-refractivity contribution in [3.8, 4) is 11.4 Å². The molecule has 0 aliphatic rings. The highest BCUT2D eigenvalue weighted by Crippen LogP contribution is 2.34. The second-order valence-corrected chi connectivity index (χ2v) is 6.77. The molecular weight excluding hydrogens is 355 g/mol. The summed E-state index contributed by atoms with van der Waals surface area (Å²) in [5, 5.41) is 14.8. The molecule has 0 aliphatic heterocycles. The zero-order valence-corrected chi connectivity index (χ0v) is 15.5. The normalized spacial score (nSPS) is 13.4. The van der Waals surface area contributed by atoms with Crippen LogP contribution >= 0.6 is 0 Å². The van der Waals surface area contributed by atoms with Gasteiger partial charge in [0.25, 0.3) is 0 Å². The van der Waals surface area contributed by atoms with Crippen LogP contribution in [0.4, 0.5) is 4.39 Å². The minimum Gasteiger partial charge on any atom is -0.490 e. The van der Waals surface area contributed by atoms with Gasteiger partial charge in [-0.15, -0.1) is 0 Å². The van der Waals surface area contributed by atoms with Gasteiger partial charge in [-0.3, -0.25) is 0 Å².